The van der Waals surface area contributed by atoms with Crippen molar-refractivity contribution >= 4 is 17.0 Å². The fourth-order valence-corrected chi connectivity index (χ4v) is 4.03. The van der Waals surface area contributed by atoms with E-state index >= 15 is 0 Å². The van der Waals surface area contributed by atoms with E-state index in [9.17, 15) is 4.79 Å². The number of nitrogens with zero attached hydrogens (tertiary/aromatic N) is 5. The van der Waals surface area contributed by atoms with Gasteiger partial charge in [-0.1, -0.05) is 55.7 Å². The summed E-state index contributed by atoms with van der Waals surface area (Å²) in [6.07, 6.45) is 5.17. The number of benzene rings is 2. The number of para-hydroxylation sites is 1. The Morgan fingerprint density at radius 1 is 0.968 bits per heavy atom. The second kappa shape index (κ2) is 9.51. The Balaban J connectivity index is 1.54. The van der Waals surface area contributed by atoms with Gasteiger partial charge in [0.2, 0.25) is 5.82 Å². The van der Waals surface area contributed by atoms with Gasteiger partial charge in [0, 0.05) is 24.1 Å². The van der Waals surface area contributed by atoms with Gasteiger partial charge in [-0.15, -0.1) is 10.2 Å². The summed E-state index contributed by atoms with van der Waals surface area (Å²) in [7, 11) is 0. The highest BCUT2D eigenvalue weighted by Gasteiger charge is 2.16. The molecule has 2 N–H and O–H groups in total. The van der Waals surface area contributed by atoms with Crippen LogP contribution in [0.2, 0.25) is 0 Å². The van der Waals surface area contributed by atoms with Gasteiger partial charge in [-0.3, -0.25) is 4.79 Å². The number of carboxylic acids is 1. The Morgan fingerprint density at radius 2 is 1.71 bits per heavy atom. The van der Waals surface area contributed by atoms with E-state index < -0.39 is 5.97 Å². The number of imidazole rings is 1. The van der Waals surface area contributed by atoms with Crippen LogP contribution in [0.4, 0.5) is 0 Å². The van der Waals surface area contributed by atoms with E-state index in [-0.39, 0.29) is 6.42 Å². The first-order valence-electron chi connectivity index (χ1n) is 10.7. The minimum absolute atomic E-state index is 0.263. The SMILES string of the molecule is Cc1nc2c(-c3ccccc3-c3nn[nH]n3)cccc2n1CCCCCCCC(=O)O. The summed E-state index contributed by atoms with van der Waals surface area (Å²) in [6.45, 7) is 2.94. The van der Waals surface area contributed by atoms with E-state index in [0.29, 0.717) is 5.82 Å². The Kier molecular flexibility index (Phi) is 6.35. The fraction of sp³-hybridized carbons (Fsp3) is 0.348. The summed E-state index contributed by atoms with van der Waals surface area (Å²) in [6, 6.07) is 14.3. The zero-order valence-electron chi connectivity index (χ0n) is 17.6. The molecular weight excluding hydrogens is 392 g/mol. The van der Waals surface area contributed by atoms with E-state index in [2.05, 4.69) is 49.5 Å². The summed E-state index contributed by atoms with van der Waals surface area (Å²) < 4.78 is 2.27. The number of rotatable bonds is 10. The molecule has 0 amide bonds. The van der Waals surface area contributed by atoms with Crippen molar-refractivity contribution in [1.82, 2.24) is 30.2 Å². The van der Waals surface area contributed by atoms with Crippen LogP contribution >= 0.6 is 0 Å². The van der Waals surface area contributed by atoms with E-state index in [4.69, 9.17) is 10.1 Å². The van der Waals surface area contributed by atoms with Crippen molar-refractivity contribution in [3.8, 4) is 22.5 Å². The molecule has 0 bridgehead atoms. The Morgan fingerprint density at radius 3 is 2.48 bits per heavy atom. The van der Waals surface area contributed by atoms with Gasteiger partial charge >= 0.3 is 5.97 Å². The van der Waals surface area contributed by atoms with Crippen LogP contribution in [0.25, 0.3) is 33.5 Å². The number of hydrogen-bond acceptors (Lipinski definition) is 5. The summed E-state index contributed by atoms with van der Waals surface area (Å²) in [5, 5.41) is 23.3. The Bertz CT molecular complexity index is 1170. The molecule has 2 aromatic heterocycles. The number of tetrazole rings is 1. The van der Waals surface area contributed by atoms with Crippen LogP contribution in [0.1, 0.15) is 44.3 Å². The minimum Gasteiger partial charge on any atom is -0.481 e. The highest BCUT2D eigenvalue weighted by Crippen LogP contribution is 2.34. The van der Waals surface area contributed by atoms with Crippen LogP contribution < -0.4 is 0 Å². The molecular formula is C23H26N6O2. The Hall–Kier alpha value is -3.55. The van der Waals surface area contributed by atoms with Crippen molar-refractivity contribution in [3.63, 3.8) is 0 Å². The van der Waals surface area contributed by atoms with Gasteiger partial charge in [-0.2, -0.15) is 5.21 Å². The maximum atomic E-state index is 10.6. The first-order chi connectivity index (χ1) is 15.1. The molecule has 0 spiro atoms. The van der Waals surface area contributed by atoms with Crippen LogP contribution in [0.5, 0.6) is 0 Å². The lowest BCUT2D eigenvalue weighted by Crippen LogP contribution is -2.00. The van der Waals surface area contributed by atoms with Crippen molar-refractivity contribution in [3.05, 3.63) is 48.3 Å². The van der Waals surface area contributed by atoms with Crippen LogP contribution in [0.3, 0.4) is 0 Å². The van der Waals surface area contributed by atoms with Gasteiger partial charge in [0.05, 0.1) is 11.0 Å². The third kappa shape index (κ3) is 4.63. The van der Waals surface area contributed by atoms with Gasteiger partial charge in [0.25, 0.3) is 0 Å². The number of aromatic amines is 1. The van der Waals surface area contributed by atoms with Crippen molar-refractivity contribution < 1.29 is 9.90 Å². The third-order valence-electron chi connectivity index (χ3n) is 5.55. The highest BCUT2D eigenvalue weighted by atomic mass is 16.4. The molecule has 160 valence electrons. The number of fused-ring (bicyclic) bond motifs is 1. The molecule has 4 aromatic rings. The second-order valence-corrected chi connectivity index (χ2v) is 7.68. The lowest BCUT2D eigenvalue weighted by Gasteiger charge is -2.09. The van der Waals surface area contributed by atoms with Crippen LogP contribution in [0.15, 0.2) is 42.5 Å². The molecule has 4 rings (SSSR count). The molecule has 0 saturated carbocycles. The lowest BCUT2D eigenvalue weighted by molar-refractivity contribution is -0.137. The largest absolute Gasteiger partial charge is 0.481 e. The molecule has 0 atom stereocenters. The summed E-state index contributed by atoms with van der Waals surface area (Å²) in [5.41, 5.74) is 5.07. The predicted molar refractivity (Wildman–Crippen MR) is 118 cm³/mol. The van der Waals surface area contributed by atoms with Gasteiger partial charge in [-0.05, 0) is 36.6 Å². The van der Waals surface area contributed by atoms with Crippen molar-refractivity contribution in [1.29, 1.82) is 0 Å². The molecule has 0 saturated heterocycles. The standard InChI is InChI=1S/C23H26N6O2/c1-16-24-22-18(17-10-6-7-11-19(17)23-25-27-28-26-23)12-9-13-20(22)29(16)15-8-4-2-3-5-14-21(30)31/h6-7,9-13H,2-5,8,14-15H2,1H3,(H,30,31)(H,25,26,27,28). The van der Waals surface area contributed by atoms with Crippen LogP contribution in [-0.4, -0.2) is 41.3 Å². The van der Waals surface area contributed by atoms with Crippen molar-refractivity contribution in [2.75, 3.05) is 0 Å². The number of H-pyrrole nitrogens is 1. The molecule has 2 aromatic carbocycles. The average molecular weight is 419 g/mol. The monoisotopic (exact) mass is 418 g/mol. The van der Waals surface area contributed by atoms with E-state index in [0.717, 1.165) is 72.2 Å². The van der Waals surface area contributed by atoms with E-state index in [1.54, 1.807) is 0 Å². The first-order valence-corrected chi connectivity index (χ1v) is 10.7. The zero-order valence-corrected chi connectivity index (χ0v) is 17.6. The topological polar surface area (TPSA) is 110 Å². The van der Waals surface area contributed by atoms with Crippen LogP contribution in [-0.2, 0) is 11.3 Å². The molecule has 0 aliphatic heterocycles. The number of aliphatic carboxylic acids is 1. The summed E-state index contributed by atoms with van der Waals surface area (Å²) >= 11 is 0. The van der Waals surface area contributed by atoms with E-state index in [1.165, 1.54) is 0 Å². The zero-order chi connectivity index (χ0) is 21.6. The number of aromatic nitrogens is 6. The number of nitrogens with one attached hydrogen (secondary N) is 1. The molecule has 0 aliphatic carbocycles. The molecule has 0 radical (unpaired) electrons. The number of carboxylic acid groups (broad SMARTS) is 1. The highest BCUT2D eigenvalue weighted by molar-refractivity contribution is 5.96. The van der Waals surface area contributed by atoms with Gasteiger partial charge in [0.1, 0.15) is 5.82 Å². The molecule has 0 aliphatic rings. The van der Waals surface area contributed by atoms with Gasteiger partial charge in [0.15, 0.2) is 0 Å². The lowest BCUT2D eigenvalue weighted by atomic mass is 9.98. The van der Waals surface area contributed by atoms with E-state index in [1.807, 2.05) is 25.1 Å². The number of hydrogen-bond donors (Lipinski definition) is 2. The normalized spacial score (nSPS) is 11.3. The quantitative estimate of drug-likeness (QED) is 0.364. The fourth-order valence-electron chi connectivity index (χ4n) is 4.03. The molecule has 8 heteroatoms. The second-order valence-electron chi connectivity index (χ2n) is 7.68. The molecule has 31 heavy (non-hydrogen) atoms. The number of unbranched alkanes of at least 4 members (excludes halogenated alkanes) is 4. The van der Waals surface area contributed by atoms with Crippen LogP contribution in [0, 0.1) is 6.92 Å². The minimum atomic E-state index is -0.711. The molecule has 8 nitrogen and oxygen atoms in total. The van der Waals surface area contributed by atoms with Crippen molar-refractivity contribution in [2.24, 2.45) is 0 Å². The smallest absolute Gasteiger partial charge is 0.303 e. The average Bonchev–Trinajstić information content (AvgIpc) is 3.41. The number of carbonyl (C=O) groups is 1. The van der Waals surface area contributed by atoms with Crippen molar-refractivity contribution in [2.45, 2.75) is 52.0 Å². The van der Waals surface area contributed by atoms with Gasteiger partial charge < -0.3 is 9.67 Å². The summed E-state index contributed by atoms with van der Waals surface area (Å²) in [5.74, 6) is 0.842. The molecule has 2 heterocycles. The number of aryl methyl sites for hydroxylation is 2. The molecule has 0 fully saturated rings. The third-order valence-corrected chi connectivity index (χ3v) is 5.55. The Labute approximate surface area is 180 Å². The first kappa shape index (κ1) is 20.7. The predicted octanol–water partition coefficient (Wildman–Crippen LogP) is 4.62. The maximum absolute atomic E-state index is 10.6. The summed E-state index contributed by atoms with van der Waals surface area (Å²) in [4.78, 5) is 15.5. The molecule has 0 unspecified atom stereocenters. The van der Waals surface area contributed by atoms with Gasteiger partial charge in [-0.25, -0.2) is 4.98 Å². The maximum Gasteiger partial charge on any atom is 0.303 e.